The van der Waals surface area contributed by atoms with E-state index in [0.29, 0.717) is 0 Å². The smallest absolute Gasteiger partial charge is 0.142 e. The molecule has 0 aliphatic heterocycles. The number of ether oxygens (including phenoxy) is 1. The van der Waals surface area contributed by atoms with Crippen LogP contribution in [0.5, 0.6) is 11.5 Å². The van der Waals surface area contributed by atoms with Crippen molar-refractivity contribution in [3.63, 3.8) is 0 Å². The van der Waals surface area contributed by atoms with Crippen LogP contribution >= 0.6 is 45.2 Å². The van der Waals surface area contributed by atoms with Crippen molar-refractivity contribution in [2.45, 2.75) is 6.92 Å². The first-order chi connectivity index (χ1) is 7.66. The van der Waals surface area contributed by atoms with Crippen LogP contribution in [0.3, 0.4) is 0 Å². The molecule has 0 aliphatic carbocycles. The average Bonchev–Trinajstić information content (AvgIpc) is 2.27. The summed E-state index contributed by atoms with van der Waals surface area (Å²) >= 11 is 4.65. The Hall–Kier alpha value is -0.300. The van der Waals surface area contributed by atoms with Gasteiger partial charge in [-0.25, -0.2) is 0 Å². The lowest BCUT2D eigenvalue weighted by molar-refractivity contribution is 0.478. The first-order valence-electron chi connectivity index (χ1n) is 4.85. The zero-order valence-electron chi connectivity index (χ0n) is 8.71. The minimum Gasteiger partial charge on any atom is -0.456 e. The van der Waals surface area contributed by atoms with Crippen molar-refractivity contribution in [2.24, 2.45) is 0 Å². The molecular formula is C13H10I2O. The van der Waals surface area contributed by atoms with Crippen LogP contribution in [0.2, 0.25) is 0 Å². The molecule has 2 aromatic rings. The second kappa shape index (κ2) is 5.35. The molecule has 0 aliphatic rings. The molecule has 0 fully saturated rings. The summed E-state index contributed by atoms with van der Waals surface area (Å²) < 4.78 is 8.24. The van der Waals surface area contributed by atoms with Gasteiger partial charge < -0.3 is 4.74 Å². The van der Waals surface area contributed by atoms with Crippen molar-refractivity contribution in [1.82, 2.24) is 0 Å². The minimum absolute atomic E-state index is 0.877. The molecule has 0 saturated heterocycles. The van der Waals surface area contributed by atoms with Gasteiger partial charge in [0, 0.05) is 3.57 Å². The third-order valence-electron chi connectivity index (χ3n) is 2.11. The molecule has 1 nitrogen and oxygen atoms in total. The van der Waals surface area contributed by atoms with Gasteiger partial charge in [0.15, 0.2) is 0 Å². The molecule has 0 aromatic heterocycles. The maximum atomic E-state index is 5.86. The average molecular weight is 436 g/mol. The lowest BCUT2D eigenvalue weighted by atomic mass is 10.2. The van der Waals surface area contributed by atoms with Gasteiger partial charge in [0.1, 0.15) is 11.5 Å². The van der Waals surface area contributed by atoms with Crippen LogP contribution in [0.4, 0.5) is 0 Å². The summed E-state index contributed by atoms with van der Waals surface area (Å²) in [5.74, 6) is 1.80. The number of aryl methyl sites for hydroxylation is 1. The van der Waals surface area contributed by atoms with E-state index < -0.39 is 0 Å². The molecule has 82 valence electrons. The van der Waals surface area contributed by atoms with E-state index in [1.807, 2.05) is 30.3 Å². The third kappa shape index (κ3) is 2.88. The molecule has 0 saturated carbocycles. The van der Waals surface area contributed by atoms with E-state index in [4.69, 9.17) is 4.74 Å². The number of halogens is 2. The Morgan fingerprint density at radius 2 is 1.69 bits per heavy atom. The summed E-state index contributed by atoms with van der Waals surface area (Å²) in [4.78, 5) is 0. The summed E-state index contributed by atoms with van der Waals surface area (Å²) in [7, 11) is 0. The van der Waals surface area contributed by atoms with E-state index in [0.717, 1.165) is 15.1 Å². The fraction of sp³-hybridized carbons (Fsp3) is 0.0769. The van der Waals surface area contributed by atoms with E-state index in [9.17, 15) is 0 Å². The molecule has 0 bridgehead atoms. The van der Waals surface area contributed by atoms with Gasteiger partial charge in [-0.05, 0) is 81.9 Å². The Morgan fingerprint density at radius 3 is 2.38 bits per heavy atom. The fourth-order valence-corrected chi connectivity index (χ4v) is 2.56. The quantitative estimate of drug-likeness (QED) is 0.603. The van der Waals surface area contributed by atoms with Crippen LogP contribution in [-0.4, -0.2) is 0 Å². The molecule has 0 spiro atoms. The normalized spacial score (nSPS) is 10.2. The van der Waals surface area contributed by atoms with Gasteiger partial charge in [0.25, 0.3) is 0 Å². The maximum absolute atomic E-state index is 5.86. The molecule has 0 radical (unpaired) electrons. The molecule has 2 rings (SSSR count). The van der Waals surface area contributed by atoms with Gasteiger partial charge in [0.05, 0.1) is 3.57 Å². The van der Waals surface area contributed by atoms with Crippen molar-refractivity contribution >= 4 is 45.2 Å². The van der Waals surface area contributed by atoms with Crippen molar-refractivity contribution in [1.29, 1.82) is 0 Å². The van der Waals surface area contributed by atoms with Crippen LogP contribution < -0.4 is 4.74 Å². The molecule has 0 atom stereocenters. The van der Waals surface area contributed by atoms with E-state index in [1.54, 1.807) is 0 Å². The van der Waals surface area contributed by atoms with Crippen LogP contribution in [0.25, 0.3) is 0 Å². The number of hydrogen-bond acceptors (Lipinski definition) is 1. The summed E-state index contributed by atoms with van der Waals surface area (Å²) in [6, 6.07) is 14.1. The Balaban J connectivity index is 2.35. The summed E-state index contributed by atoms with van der Waals surface area (Å²) in [6.45, 7) is 2.08. The highest BCUT2D eigenvalue weighted by molar-refractivity contribution is 14.1. The van der Waals surface area contributed by atoms with E-state index >= 15 is 0 Å². The van der Waals surface area contributed by atoms with Gasteiger partial charge in [-0.2, -0.15) is 0 Å². The molecule has 3 heteroatoms. The molecule has 0 N–H and O–H groups in total. The molecular weight excluding hydrogens is 426 g/mol. The van der Waals surface area contributed by atoms with Crippen LogP contribution in [0.1, 0.15) is 5.56 Å². The monoisotopic (exact) mass is 436 g/mol. The molecule has 0 unspecified atom stereocenters. The predicted molar refractivity (Wildman–Crippen MR) is 83.1 cm³/mol. The number of para-hydroxylation sites is 1. The Bertz CT molecular complexity index is 495. The number of benzene rings is 2. The molecule has 16 heavy (non-hydrogen) atoms. The summed E-state index contributed by atoms with van der Waals surface area (Å²) in [5.41, 5.74) is 1.22. The summed E-state index contributed by atoms with van der Waals surface area (Å²) in [5, 5.41) is 0. The van der Waals surface area contributed by atoms with Crippen LogP contribution in [0, 0.1) is 14.1 Å². The van der Waals surface area contributed by atoms with Crippen molar-refractivity contribution < 1.29 is 4.74 Å². The van der Waals surface area contributed by atoms with Gasteiger partial charge in [0.2, 0.25) is 0 Å². The standard InChI is InChI=1S/C13H10I2O/c1-9-7-11(14)13(15)12(8-9)16-10-5-3-2-4-6-10/h2-8H,1H3. The van der Waals surface area contributed by atoms with E-state index in [-0.39, 0.29) is 0 Å². The molecule has 2 aromatic carbocycles. The maximum Gasteiger partial charge on any atom is 0.142 e. The zero-order chi connectivity index (χ0) is 11.5. The van der Waals surface area contributed by atoms with Gasteiger partial charge in [-0.15, -0.1) is 0 Å². The van der Waals surface area contributed by atoms with Crippen molar-refractivity contribution in [3.05, 3.63) is 55.2 Å². The van der Waals surface area contributed by atoms with Crippen molar-refractivity contribution in [2.75, 3.05) is 0 Å². The van der Waals surface area contributed by atoms with Crippen molar-refractivity contribution in [3.8, 4) is 11.5 Å². The number of hydrogen-bond donors (Lipinski definition) is 0. The van der Waals surface area contributed by atoms with Gasteiger partial charge in [-0.3, -0.25) is 0 Å². The third-order valence-corrected chi connectivity index (χ3v) is 5.11. The molecule has 0 amide bonds. The fourth-order valence-electron chi connectivity index (χ4n) is 1.38. The SMILES string of the molecule is Cc1cc(I)c(I)c(Oc2ccccc2)c1. The van der Waals surface area contributed by atoms with Crippen LogP contribution in [0.15, 0.2) is 42.5 Å². The van der Waals surface area contributed by atoms with Gasteiger partial charge in [-0.1, -0.05) is 18.2 Å². The topological polar surface area (TPSA) is 9.23 Å². The minimum atomic E-state index is 0.877. The highest BCUT2D eigenvalue weighted by atomic mass is 127. The first kappa shape index (κ1) is 12.2. The Labute approximate surface area is 122 Å². The van der Waals surface area contributed by atoms with E-state index in [1.165, 1.54) is 9.13 Å². The lowest BCUT2D eigenvalue weighted by Crippen LogP contribution is -1.91. The predicted octanol–water partition coefficient (Wildman–Crippen LogP) is 5.00. The lowest BCUT2D eigenvalue weighted by Gasteiger charge is -2.10. The van der Waals surface area contributed by atoms with E-state index in [2.05, 4.69) is 64.2 Å². The Morgan fingerprint density at radius 1 is 1.00 bits per heavy atom. The highest BCUT2D eigenvalue weighted by Gasteiger charge is 2.07. The number of rotatable bonds is 2. The van der Waals surface area contributed by atoms with Crippen LogP contribution in [-0.2, 0) is 0 Å². The summed E-state index contributed by atoms with van der Waals surface area (Å²) in [6.07, 6.45) is 0. The largest absolute Gasteiger partial charge is 0.456 e. The second-order valence-corrected chi connectivity index (χ2v) is 5.71. The zero-order valence-corrected chi connectivity index (χ0v) is 13.0. The van der Waals surface area contributed by atoms with Gasteiger partial charge >= 0.3 is 0 Å². The molecule has 0 heterocycles. The highest BCUT2D eigenvalue weighted by Crippen LogP contribution is 2.31. The first-order valence-corrected chi connectivity index (χ1v) is 7.01. The Kier molecular flexibility index (Phi) is 4.07. The second-order valence-electron chi connectivity index (χ2n) is 3.47.